The molecule has 1 aromatic heterocycles. The lowest BCUT2D eigenvalue weighted by Crippen LogP contribution is -2.12. The Morgan fingerprint density at radius 1 is 1.16 bits per heavy atom. The summed E-state index contributed by atoms with van der Waals surface area (Å²) in [6.45, 7) is 11.2. The number of hydrogen-bond donors (Lipinski definition) is 1. The highest BCUT2D eigenvalue weighted by Crippen LogP contribution is 2.32. The largest absolute Gasteiger partial charge is 0.439 e. The SMILES string of the molecule is Cc1cc(C(C)(C)C)cc(C)c1-c1cnc(CN)o1. The van der Waals surface area contributed by atoms with Crippen LogP contribution in [0.25, 0.3) is 11.3 Å². The van der Waals surface area contributed by atoms with Crippen LogP contribution in [-0.4, -0.2) is 4.98 Å². The number of hydrogen-bond acceptors (Lipinski definition) is 3. The van der Waals surface area contributed by atoms with Gasteiger partial charge in [0.05, 0.1) is 12.7 Å². The van der Waals surface area contributed by atoms with E-state index in [0.717, 1.165) is 11.3 Å². The fourth-order valence-electron chi connectivity index (χ4n) is 2.31. The van der Waals surface area contributed by atoms with Crippen LogP contribution in [0.15, 0.2) is 22.7 Å². The molecule has 0 unspecified atom stereocenters. The van der Waals surface area contributed by atoms with Crippen molar-refractivity contribution in [3.05, 3.63) is 40.9 Å². The summed E-state index contributed by atoms with van der Waals surface area (Å²) in [5.41, 5.74) is 10.6. The van der Waals surface area contributed by atoms with Gasteiger partial charge in [-0.15, -0.1) is 0 Å². The lowest BCUT2D eigenvalue weighted by molar-refractivity contribution is 0.509. The summed E-state index contributed by atoms with van der Waals surface area (Å²) >= 11 is 0. The van der Waals surface area contributed by atoms with E-state index < -0.39 is 0 Å². The summed E-state index contributed by atoms with van der Waals surface area (Å²) in [5.74, 6) is 1.38. The second-order valence-electron chi connectivity index (χ2n) is 6.06. The van der Waals surface area contributed by atoms with E-state index in [1.165, 1.54) is 16.7 Å². The molecule has 3 heteroatoms. The second-order valence-corrected chi connectivity index (χ2v) is 6.06. The molecular formula is C16H22N2O. The van der Waals surface area contributed by atoms with Crippen molar-refractivity contribution in [2.45, 2.75) is 46.6 Å². The van der Waals surface area contributed by atoms with Crippen LogP contribution in [0.5, 0.6) is 0 Å². The molecule has 0 radical (unpaired) electrons. The lowest BCUT2D eigenvalue weighted by atomic mass is 9.83. The molecule has 1 aromatic carbocycles. The van der Waals surface area contributed by atoms with Crippen molar-refractivity contribution in [2.24, 2.45) is 5.73 Å². The van der Waals surface area contributed by atoms with Crippen LogP contribution in [0.3, 0.4) is 0 Å². The summed E-state index contributed by atoms with van der Waals surface area (Å²) in [7, 11) is 0. The summed E-state index contributed by atoms with van der Waals surface area (Å²) < 4.78 is 5.67. The number of aryl methyl sites for hydroxylation is 2. The Bertz CT molecular complexity index is 568. The van der Waals surface area contributed by atoms with Gasteiger partial charge in [0.2, 0.25) is 5.89 Å². The zero-order valence-electron chi connectivity index (χ0n) is 12.4. The zero-order chi connectivity index (χ0) is 14.2. The lowest BCUT2D eigenvalue weighted by Gasteiger charge is -2.21. The van der Waals surface area contributed by atoms with Gasteiger partial charge in [-0.25, -0.2) is 4.98 Å². The van der Waals surface area contributed by atoms with E-state index >= 15 is 0 Å². The van der Waals surface area contributed by atoms with Crippen LogP contribution in [0.4, 0.5) is 0 Å². The third-order valence-electron chi connectivity index (χ3n) is 3.37. The molecule has 0 fully saturated rings. The van der Waals surface area contributed by atoms with Crippen LogP contribution in [-0.2, 0) is 12.0 Å². The highest BCUT2D eigenvalue weighted by molar-refractivity contribution is 5.66. The van der Waals surface area contributed by atoms with Crippen molar-refractivity contribution < 1.29 is 4.42 Å². The molecule has 0 aliphatic carbocycles. The van der Waals surface area contributed by atoms with Crippen LogP contribution < -0.4 is 5.73 Å². The van der Waals surface area contributed by atoms with Gasteiger partial charge in [0.1, 0.15) is 0 Å². The van der Waals surface area contributed by atoms with E-state index in [-0.39, 0.29) is 5.41 Å². The third-order valence-corrected chi connectivity index (χ3v) is 3.37. The number of nitrogens with zero attached hydrogens (tertiary/aromatic N) is 1. The quantitative estimate of drug-likeness (QED) is 0.893. The Morgan fingerprint density at radius 3 is 2.16 bits per heavy atom. The van der Waals surface area contributed by atoms with E-state index in [9.17, 15) is 0 Å². The average molecular weight is 258 g/mol. The fourth-order valence-corrected chi connectivity index (χ4v) is 2.31. The normalized spacial score (nSPS) is 11.9. The van der Waals surface area contributed by atoms with Gasteiger partial charge in [-0.2, -0.15) is 0 Å². The van der Waals surface area contributed by atoms with Crippen LogP contribution in [0.2, 0.25) is 0 Å². The van der Waals surface area contributed by atoms with E-state index in [4.69, 9.17) is 10.2 Å². The van der Waals surface area contributed by atoms with E-state index in [2.05, 4.69) is 51.7 Å². The minimum Gasteiger partial charge on any atom is -0.439 e. The molecule has 0 amide bonds. The molecule has 19 heavy (non-hydrogen) atoms. The van der Waals surface area contributed by atoms with E-state index in [0.29, 0.717) is 12.4 Å². The number of aromatic nitrogens is 1. The number of rotatable bonds is 2. The van der Waals surface area contributed by atoms with Crippen molar-refractivity contribution >= 4 is 0 Å². The molecule has 0 bridgehead atoms. The predicted molar refractivity (Wildman–Crippen MR) is 78.0 cm³/mol. The topological polar surface area (TPSA) is 52.0 Å². The van der Waals surface area contributed by atoms with Crippen LogP contribution >= 0.6 is 0 Å². The van der Waals surface area contributed by atoms with Crippen LogP contribution in [0, 0.1) is 13.8 Å². The first-order chi connectivity index (χ1) is 8.82. The van der Waals surface area contributed by atoms with Crippen molar-refractivity contribution in [1.82, 2.24) is 4.98 Å². The molecule has 0 aliphatic heterocycles. The van der Waals surface area contributed by atoms with Gasteiger partial charge >= 0.3 is 0 Å². The van der Waals surface area contributed by atoms with Crippen molar-refractivity contribution in [2.75, 3.05) is 0 Å². The summed E-state index contributed by atoms with van der Waals surface area (Å²) in [5, 5.41) is 0. The fraction of sp³-hybridized carbons (Fsp3) is 0.438. The monoisotopic (exact) mass is 258 g/mol. The van der Waals surface area contributed by atoms with Gasteiger partial charge in [0.25, 0.3) is 0 Å². The number of benzene rings is 1. The van der Waals surface area contributed by atoms with Gasteiger partial charge in [-0.1, -0.05) is 32.9 Å². The molecule has 2 rings (SSSR count). The van der Waals surface area contributed by atoms with Crippen molar-refractivity contribution in [1.29, 1.82) is 0 Å². The average Bonchev–Trinajstić information content (AvgIpc) is 2.75. The third kappa shape index (κ3) is 2.71. The maximum Gasteiger partial charge on any atom is 0.208 e. The molecule has 0 saturated heterocycles. The zero-order valence-corrected chi connectivity index (χ0v) is 12.4. The standard InChI is InChI=1S/C16H22N2O/c1-10-6-12(16(3,4)5)7-11(2)15(10)13-9-18-14(8-17)19-13/h6-7,9H,8,17H2,1-5H3. The smallest absolute Gasteiger partial charge is 0.208 e. The minimum absolute atomic E-state index is 0.151. The highest BCUT2D eigenvalue weighted by Gasteiger charge is 2.18. The van der Waals surface area contributed by atoms with Gasteiger partial charge < -0.3 is 10.2 Å². The summed E-state index contributed by atoms with van der Waals surface area (Å²) in [6.07, 6.45) is 1.76. The van der Waals surface area contributed by atoms with Gasteiger partial charge in [-0.3, -0.25) is 0 Å². The summed E-state index contributed by atoms with van der Waals surface area (Å²) in [4.78, 5) is 4.17. The van der Waals surface area contributed by atoms with Gasteiger partial charge in [0, 0.05) is 5.56 Å². The Labute approximate surface area is 114 Å². The van der Waals surface area contributed by atoms with Gasteiger partial charge in [0.15, 0.2) is 5.76 Å². The Morgan fingerprint density at radius 2 is 1.74 bits per heavy atom. The van der Waals surface area contributed by atoms with Gasteiger partial charge in [-0.05, 0) is 36.0 Å². The molecular weight excluding hydrogens is 236 g/mol. The van der Waals surface area contributed by atoms with E-state index in [1.54, 1.807) is 6.20 Å². The molecule has 0 spiro atoms. The molecule has 102 valence electrons. The Balaban J connectivity index is 2.53. The maximum atomic E-state index is 5.67. The van der Waals surface area contributed by atoms with Crippen molar-refractivity contribution in [3.63, 3.8) is 0 Å². The first-order valence-electron chi connectivity index (χ1n) is 6.60. The molecule has 2 N–H and O–H groups in total. The molecule has 1 heterocycles. The molecule has 3 nitrogen and oxygen atoms in total. The van der Waals surface area contributed by atoms with Crippen molar-refractivity contribution in [3.8, 4) is 11.3 Å². The van der Waals surface area contributed by atoms with Crippen LogP contribution in [0.1, 0.15) is 43.4 Å². The number of nitrogens with two attached hydrogens (primary N) is 1. The molecule has 0 atom stereocenters. The predicted octanol–water partition coefficient (Wildman–Crippen LogP) is 3.71. The Hall–Kier alpha value is -1.61. The molecule has 0 aliphatic rings. The number of oxazole rings is 1. The minimum atomic E-state index is 0.151. The first kappa shape index (κ1) is 13.8. The second kappa shape index (κ2) is 4.82. The maximum absolute atomic E-state index is 5.67. The Kier molecular flexibility index (Phi) is 3.50. The molecule has 2 aromatic rings. The highest BCUT2D eigenvalue weighted by atomic mass is 16.4. The molecule has 0 saturated carbocycles. The summed E-state index contributed by atoms with van der Waals surface area (Å²) in [6, 6.07) is 4.46. The first-order valence-corrected chi connectivity index (χ1v) is 6.60. The van der Waals surface area contributed by atoms with E-state index in [1.807, 2.05) is 0 Å².